The van der Waals surface area contributed by atoms with Gasteiger partial charge in [0.25, 0.3) is 11.3 Å². The Hall–Kier alpha value is -3.82. The first-order chi connectivity index (χ1) is 22.1. The lowest BCUT2D eigenvalue weighted by Crippen LogP contribution is -2.42. The number of hydrogen-bond acceptors (Lipinski definition) is 6. The van der Waals surface area contributed by atoms with E-state index in [1.165, 1.54) is 0 Å². The summed E-state index contributed by atoms with van der Waals surface area (Å²) in [6.07, 6.45) is -1.48. The van der Waals surface area contributed by atoms with Gasteiger partial charge in [0.05, 0.1) is 24.7 Å². The molecule has 1 unspecified atom stereocenters. The summed E-state index contributed by atoms with van der Waals surface area (Å²) in [5.41, 5.74) is 5.59. The van der Waals surface area contributed by atoms with Crippen LogP contribution in [-0.2, 0) is 38.7 Å². The molecule has 4 aromatic rings. The number of aliphatic hydroxyl groups is 1. The highest BCUT2D eigenvalue weighted by Gasteiger charge is 2.35. The Bertz CT molecular complexity index is 1530. The topological polar surface area (TPSA) is 85.3 Å². The Morgan fingerprint density at radius 3 is 1.96 bits per heavy atom. The number of rotatable bonds is 16. The first-order valence-electron chi connectivity index (χ1n) is 15.7. The Balaban J connectivity index is 1.53. The number of aryl methyl sites for hydroxylation is 3. The fourth-order valence-electron chi connectivity index (χ4n) is 5.36. The predicted octanol–water partition coefficient (Wildman–Crippen LogP) is 7.35. The molecule has 1 N–H and O–H groups in total. The van der Waals surface area contributed by atoms with Crippen molar-refractivity contribution >= 4 is 17.2 Å². The summed E-state index contributed by atoms with van der Waals surface area (Å²) in [4.78, 5) is 13.5. The molecule has 244 valence electrons. The first kappa shape index (κ1) is 35.0. The van der Waals surface area contributed by atoms with Crippen LogP contribution in [-0.4, -0.2) is 38.3 Å². The van der Waals surface area contributed by atoms with Gasteiger partial charge in [-0.25, -0.2) is 0 Å². The number of hydrogen-bond donors (Lipinski definition) is 1. The van der Waals surface area contributed by atoms with Gasteiger partial charge < -0.3 is 18.8 Å². The van der Waals surface area contributed by atoms with Gasteiger partial charge in [0.1, 0.15) is 11.9 Å². The zero-order valence-electron chi connectivity index (χ0n) is 27.3. The summed E-state index contributed by atoms with van der Waals surface area (Å²) in [5.74, 6) is -0.789. The molecule has 0 saturated heterocycles. The van der Waals surface area contributed by atoms with Crippen molar-refractivity contribution in [2.45, 2.75) is 72.4 Å². The lowest BCUT2D eigenvalue weighted by atomic mass is 10.0. The quantitative estimate of drug-likeness (QED) is 0.102. The van der Waals surface area contributed by atoms with E-state index < -0.39 is 41.4 Å². The summed E-state index contributed by atoms with van der Waals surface area (Å²) in [6, 6.07) is 32.3. The van der Waals surface area contributed by atoms with Crippen LogP contribution < -0.4 is 4.18 Å². The molecule has 0 aliphatic carbocycles. The molecule has 0 aliphatic rings. The zero-order chi connectivity index (χ0) is 33.1. The van der Waals surface area contributed by atoms with Crippen molar-refractivity contribution in [3.8, 4) is 5.75 Å². The van der Waals surface area contributed by atoms with Gasteiger partial charge in [-0.05, 0) is 68.9 Å². The third-order valence-corrected chi connectivity index (χ3v) is 9.17. The molecule has 0 spiro atoms. The molecule has 46 heavy (non-hydrogen) atoms. The van der Waals surface area contributed by atoms with Gasteiger partial charge in [-0.2, -0.15) is 8.51 Å². The minimum Gasteiger partial charge on any atom is -0.455 e. The van der Waals surface area contributed by atoms with E-state index in [0.717, 1.165) is 33.4 Å². The van der Waals surface area contributed by atoms with Crippen molar-refractivity contribution in [2.24, 2.45) is 5.92 Å². The van der Waals surface area contributed by atoms with Crippen LogP contribution in [0.25, 0.3) is 0 Å². The van der Waals surface area contributed by atoms with E-state index in [1.807, 2.05) is 131 Å². The SMILES string of the molecule is Cc1cc(C)c(OS(=O)N(Cc2ccccc2)[C@@H](C)[C@H](OC(=O)[C@H](C)[C@H](O)CCOCc2ccccc2)c2ccccc2)c(C)c1. The van der Waals surface area contributed by atoms with E-state index in [0.29, 0.717) is 19.0 Å². The Morgan fingerprint density at radius 2 is 1.37 bits per heavy atom. The summed E-state index contributed by atoms with van der Waals surface area (Å²) >= 11 is -1.94. The van der Waals surface area contributed by atoms with Gasteiger partial charge in [0, 0.05) is 13.2 Å². The molecule has 0 aromatic heterocycles. The van der Waals surface area contributed by atoms with Crippen molar-refractivity contribution in [3.05, 3.63) is 137 Å². The molecule has 7 nitrogen and oxygen atoms in total. The number of benzene rings is 4. The van der Waals surface area contributed by atoms with Crippen LogP contribution in [0.4, 0.5) is 0 Å². The first-order valence-corrected chi connectivity index (χ1v) is 16.7. The van der Waals surface area contributed by atoms with Crippen molar-refractivity contribution in [3.63, 3.8) is 0 Å². The Kier molecular flexibility index (Phi) is 13.1. The van der Waals surface area contributed by atoms with E-state index in [-0.39, 0.29) is 13.0 Å². The molecule has 0 radical (unpaired) electrons. The summed E-state index contributed by atoms with van der Waals surface area (Å²) in [7, 11) is 0. The molecule has 4 rings (SSSR count). The highest BCUT2D eigenvalue weighted by atomic mass is 32.2. The zero-order valence-corrected chi connectivity index (χ0v) is 28.1. The van der Waals surface area contributed by atoms with Crippen LogP contribution in [0, 0.1) is 26.7 Å². The maximum Gasteiger partial charge on any atom is 0.311 e. The summed E-state index contributed by atoms with van der Waals surface area (Å²) < 4.78 is 33.8. The number of carbonyl (C=O) groups is 1. The van der Waals surface area contributed by atoms with Gasteiger partial charge in [-0.15, -0.1) is 0 Å². The van der Waals surface area contributed by atoms with Gasteiger partial charge in [-0.1, -0.05) is 109 Å². The summed E-state index contributed by atoms with van der Waals surface area (Å²) in [6.45, 7) is 10.4. The number of carbonyl (C=O) groups excluding carboxylic acids is 1. The fourth-order valence-corrected chi connectivity index (χ4v) is 6.50. The third kappa shape index (κ3) is 9.84. The fraction of sp³-hybridized carbons (Fsp3) is 0.342. The van der Waals surface area contributed by atoms with E-state index >= 15 is 0 Å². The molecule has 0 saturated carbocycles. The smallest absolute Gasteiger partial charge is 0.311 e. The van der Waals surface area contributed by atoms with Crippen molar-refractivity contribution < 1.29 is 27.8 Å². The number of aliphatic hydroxyl groups excluding tert-OH is 1. The highest BCUT2D eigenvalue weighted by Crippen LogP contribution is 2.31. The number of nitrogens with zero attached hydrogens (tertiary/aromatic N) is 1. The normalized spacial score (nSPS) is 14.7. The molecule has 0 fully saturated rings. The standard InChI is InChI=1S/C38H45NO6S/c1-27-23-28(2)36(29(3)24-27)45-46(42)39(25-32-15-9-6-10-16-32)31(5)37(34-19-13-8-14-20-34)44-38(41)30(4)35(40)21-22-43-26-33-17-11-7-12-18-33/h6-20,23-24,30-31,35,37,40H,21-22,25-26H2,1-5H3/t30-,31+,35-,37+,46?/m1/s1. The maximum atomic E-state index is 14.1. The van der Waals surface area contributed by atoms with Crippen LogP contribution in [0.2, 0.25) is 0 Å². The van der Waals surface area contributed by atoms with Crippen molar-refractivity contribution in [1.82, 2.24) is 4.31 Å². The Labute approximate surface area is 275 Å². The molecular formula is C38H45NO6S. The summed E-state index contributed by atoms with van der Waals surface area (Å²) in [5, 5.41) is 10.9. The van der Waals surface area contributed by atoms with Crippen LogP contribution in [0.15, 0.2) is 103 Å². The van der Waals surface area contributed by atoms with Gasteiger partial charge in [-0.3, -0.25) is 4.79 Å². The lowest BCUT2D eigenvalue weighted by molar-refractivity contribution is -0.160. The second-order valence-corrected chi connectivity index (χ2v) is 12.9. The molecule has 0 bridgehead atoms. The van der Waals surface area contributed by atoms with Crippen LogP contribution in [0.3, 0.4) is 0 Å². The van der Waals surface area contributed by atoms with Crippen LogP contribution >= 0.6 is 0 Å². The van der Waals surface area contributed by atoms with Crippen LogP contribution in [0.1, 0.15) is 59.8 Å². The van der Waals surface area contributed by atoms with E-state index in [9.17, 15) is 14.1 Å². The lowest BCUT2D eigenvalue weighted by Gasteiger charge is -2.34. The molecule has 0 aliphatic heterocycles. The molecule has 4 aromatic carbocycles. The van der Waals surface area contributed by atoms with Gasteiger partial charge >= 0.3 is 5.97 Å². The molecule has 8 heteroatoms. The molecule has 5 atom stereocenters. The monoisotopic (exact) mass is 643 g/mol. The largest absolute Gasteiger partial charge is 0.455 e. The average Bonchev–Trinajstić information content (AvgIpc) is 3.06. The minimum atomic E-state index is -1.94. The van der Waals surface area contributed by atoms with E-state index in [4.69, 9.17) is 13.7 Å². The second kappa shape index (κ2) is 17.2. The van der Waals surface area contributed by atoms with Gasteiger partial charge in [0.15, 0.2) is 0 Å². The van der Waals surface area contributed by atoms with Crippen molar-refractivity contribution in [2.75, 3.05) is 6.61 Å². The van der Waals surface area contributed by atoms with Gasteiger partial charge in [0.2, 0.25) is 0 Å². The molecule has 0 heterocycles. The maximum absolute atomic E-state index is 14.1. The minimum absolute atomic E-state index is 0.280. The number of esters is 1. The number of ether oxygens (including phenoxy) is 2. The highest BCUT2D eigenvalue weighted by molar-refractivity contribution is 7.78. The van der Waals surface area contributed by atoms with Crippen molar-refractivity contribution in [1.29, 1.82) is 0 Å². The third-order valence-electron chi connectivity index (χ3n) is 8.01. The average molecular weight is 644 g/mol. The van der Waals surface area contributed by atoms with E-state index in [1.54, 1.807) is 11.2 Å². The second-order valence-electron chi connectivity index (χ2n) is 11.8. The predicted molar refractivity (Wildman–Crippen MR) is 182 cm³/mol. The molecule has 0 amide bonds. The molecular weight excluding hydrogens is 598 g/mol. The Morgan fingerprint density at radius 1 is 0.826 bits per heavy atom. The van der Waals surface area contributed by atoms with Crippen LogP contribution in [0.5, 0.6) is 5.75 Å². The van der Waals surface area contributed by atoms with E-state index in [2.05, 4.69) is 0 Å².